The zero-order valence-corrected chi connectivity index (χ0v) is 11.7. The first-order valence-corrected chi connectivity index (χ1v) is 6.57. The number of hydrogen-bond donors (Lipinski definition) is 1. The molecular weight excluding hydrogens is 262 g/mol. The minimum absolute atomic E-state index is 0.317. The van der Waals surface area contributed by atoms with E-state index in [9.17, 15) is 4.79 Å². The number of nitrogens with two attached hydrogens (primary N) is 1. The SMILES string of the molecule is COC(=O)c1ccc(C2(C(N)=S)CCOCC2)cc1. The van der Waals surface area contributed by atoms with Crippen LogP contribution in [0.1, 0.15) is 28.8 Å². The van der Waals surface area contributed by atoms with E-state index in [4.69, 9.17) is 22.7 Å². The number of esters is 1. The molecule has 1 aromatic carbocycles. The Morgan fingerprint density at radius 3 is 2.37 bits per heavy atom. The van der Waals surface area contributed by atoms with E-state index in [0.717, 1.165) is 18.4 Å². The van der Waals surface area contributed by atoms with E-state index in [1.807, 2.05) is 12.1 Å². The molecule has 0 radical (unpaired) electrons. The third-order valence-corrected chi connectivity index (χ3v) is 4.07. The van der Waals surface area contributed by atoms with Gasteiger partial charge in [-0.15, -0.1) is 0 Å². The molecule has 4 nitrogen and oxygen atoms in total. The molecule has 1 heterocycles. The van der Waals surface area contributed by atoms with Crippen LogP contribution in [0.5, 0.6) is 0 Å². The van der Waals surface area contributed by atoms with Crippen molar-refractivity contribution in [3.05, 3.63) is 35.4 Å². The summed E-state index contributed by atoms with van der Waals surface area (Å²) in [6.45, 7) is 1.30. The first-order chi connectivity index (χ1) is 9.10. The second-order valence-corrected chi connectivity index (χ2v) is 5.07. The highest BCUT2D eigenvalue weighted by molar-refractivity contribution is 7.80. The van der Waals surface area contributed by atoms with Crippen LogP contribution in [-0.4, -0.2) is 31.3 Å². The van der Waals surface area contributed by atoms with E-state index in [0.29, 0.717) is 23.8 Å². The molecule has 1 saturated heterocycles. The lowest BCUT2D eigenvalue weighted by molar-refractivity contribution is 0.0600. The molecule has 0 unspecified atom stereocenters. The fraction of sp³-hybridized carbons (Fsp3) is 0.429. The Morgan fingerprint density at radius 1 is 1.32 bits per heavy atom. The molecule has 102 valence electrons. The normalized spacial score (nSPS) is 17.7. The van der Waals surface area contributed by atoms with Crippen molar-refractivity contribution in [2.24, 2.45) is 5.73 Å². The smallest absolute Gasteiger partial charge is 0.337 e. The maximum atomic E-state index is 11.4. The number of ether oxygens (including phenoxy) is 2. The first kappa shape index (κ1) is 14.0. The van der Waals surface area contributed by atoms with Gasteiger partial charge in [-0.3, -0.25) is 0 Å². The summed E-state index contributed by atoms with van der Waals surface area (Å²) in [7, 11) is 1.37. The summed E-state index contributed by atoms with van der Waals surface area (Å²) in [4.78, 5) is 11.9. The van der Waals surface area contributed by atoms with E-state index in [1.54, 1.807) is 12.1 Å². The van der Waals surface area contributed by atoms with Gasteiger partial charge in [0, 0.05) is 18.6 Å². The fourth-order valence-corrected chi connectivity index (χ4v) is 2.76. The summed E-state index contributed by atoms with van der Waals surface area (Å²) in [5.41, 5.74) is 7.19. The van der Waals surface area contributed by atoms with Crippen LogP contribution in [0.15, 0.2) is 24.3 Å². The van der Waals surface area contributed by atoms with Gasteiger partial charge in [0.15, 0.2) is 0 Å². The van der Waals surface area contributed by atoms with Gasteiger partial charge < -0.3 is 15.2 Å². The summed E-state index contributed by atoms with van der Waals surface area (Å²) in [6, 6.07) is 7.29. The highest BCUT2D eigenvalue weighted by atomic mass is 32.1. The third kappa shape index (κ3) is 2.62. The van der Waals surface area contributed by atoms with Gasteiger partial charge in [-0.2, -0.15) is 0 Å². The molecule has 1 aromatic rings. The molecule has 5 heteroatoms. The van der Waals surface area contributed by atoms with Crippen LogP contribution in [0.25, 0.3) is 0 Å². The minimum atomic E-state index is -0.345. The topological polar surface area (TPSA) is 61.5 Å². The molecule has 0 saturated carbocycles. The van der Waals surface area contributed by atoms with E-state index < -0.39 is 0 Å². The molecular formula is C14H17NO3S. The predicted octanol–water partition coefficient (Wildman–Crippen LogP) is 1.81. The van der Waals surface area contributed by atoms with Crippen LogP contribution in [0.4, 0.5) is 0 Å². The summed E-state index contributed by atoms with van der Waals surface area (Å²) in [5.74, 6) is -0.345. The molecule has 2 rings (SSSR count). The van der Waals surface area contributed by atoms with Gasteiger partial charge in [-0.25, -0.2) is 4.79 Å². The van der Waals surface area contributed by atoms with E-state index in [-0.39, 0.29) is 11.4 Å². The Bertz CT molecular complexity index is 478. The van der Waals surface area contributed by atoms with Gasteiger partial charge >= 0.3 is 5.97 Å². The monoisotopic (exact) mass is 279 g/mol. The molecule has 0 atom stereocenters. The number of thiocarbonyl (C=S) groups is 1. The van der Waals surface area contributed by atoms with Gasteiger partial charge in [-0.1, -0.05) is 24.4 Å². The molecule has 1 aliphatic heterocycles. The maximum Gasteiger partial charge on any atom is 0.337 e. The Kier molecular flexibility index (Phi) is 4.17. The highest BCUT2D eigenvalue weighted by Gasteiger charge is 2.37. The number of hydrogen-bond acceptors (Lipinski definition) is 4. The van der Waals surface area contributed by atoms with Crippen LogP contribution in [0.3, 0.4) is 0 Å². The van der Waals surface area contributed by atoms with Crippen LogP contribution in [-0.2, 0) is 14.9 Å². The van der Waals surface area contributed by atoms with Crippen molar-refractivity contribution in [2.75, 3.05) is 20.3 Å². The highest BCUT2D eigenvalue weighted by Crippen LogP contribution is 2.35. The van der Waals surface area contributed by atoms with Gasteiger partial charge in [0.2, 0.25) is 0 Å². The standard InChI is InChI=1S/C14H17NO3S/c1-17-12(16)10-2-4-11(5-3-10)14(13(15)19)6-8-18-9-7-14/h2-5H,6-9H2,1H3,(H2,15,19). The second-order valence-electron chi connectivity index (χ2n) is 4.63. The van der Waals surface area contributed by atoms with Crippen molar-refractivity contribution in [3.8, 4) is 0 Å². The zero-order valence-electron chi connectivity index (χ0n) is 10.8. The van der Waals surface area contributed by atoms with E-state index >= 15 is 0 Å². The molecule has 0 aromatic heterocycles. The van der Waals surface area contributed by atoms with E-state index in [1.165, 1.54) is 7.11 Å². The maximum absolute atomic E-state index is 11.4. The summed E-state index contributed by atoms with van der Waals surface area (Å²) in [5, 5.41) is 0. The summed E-state index contributed by atoms with van der Waals surface area (Å²) < 4.78 is 10.1. The molecule has 0 aliphatic carbocycles. The quantitative estimate of drug-likeness (QED) is 0.675. The van der Waals surface area contributed by atoms with Crippen LogP contribution in [0, 0.1) is 0 Å². The average Bonchev–Trinajstić information content (AvgIpc) is 2.47. The largest absolute Gasteiger partial charge is 0.465 e. The minimum Gasteiger partial charge on any atom is -0.465 e. The summed E-state index contributed by atoms with van der Waals surface area (Å²) >= 11 is 5.25. The van der Waals surface area contributed by atoms with Gasteiger partial charge in [-0.05, 0) is 30.5 Å². The number of benzene rings is 1. The van der Waals surface area contributed by atoms with Gasteiger partial charge in [0.25, 0.3) is 0 Å². The second kappa shape index (κ2) is 5.67. The molecule has 1 aliphatic rings. The Balaban J connectivity index is 2.33. The lowest BCUT2D eigenvalue weighted by Crippen LogP contribution is -2.44. The van der Waals surface area contributed by atoms with Gasteiger partial charge in [0.05, 0.1) is 17.7 Å². The first-order valence-electron chi connectivity index (χ1n) is 6.17. The predicted molar refractivity (Wildman–Crippen MR) is 76.3 cm³/mol. The number of methoxy groups -OCH3 is 1. The zero-order chi connectivity index (χ0) is 13.9. The number of carbonyl (C=O) groups excluding carboxylic acids is 1. The molecule has 2 N–H and O–H groups in total. The molecule has 1 fully saturated rings. The molecule has 0 amide bonds. The molecule has 0 bridgehead atoms. The Morgan fingerprint density at radius 2 is 1.89 bits per heavy atom. The van der Waals surface area contributed by atoms with Gasteiger partial charge in [0.1, 0.15) is 0 Å². The van der Waals surface area contributed by atoms with Crippen molar-refractivity contribution in [1.82, 2.24) is 0 Å². The summed E-state index contributed by atoms with van der Waals surface area (Å²) in [6.07, 6.45) is 1.56. The average molecular weight is 279 g/mol. The molecule has 0 spiro atoms. The van der Waals surface area contributed by atoms with Crippen LogP contribution < -0.4 is 5.73 Å². The van der Waals surface area contributed by atoms with Crippen molar-refractivity contribution in [3.63, 3.8) is 0 Å². The van der Waals surface area contributed by atoms with E-state index in [2.05, 4.69) is 4.74 Å². The van der Waals surface area contributed by atoms with Crippen LogP contribution in [0.2, 0.25) is 0 Å². The number of rotatable bonds is 3. The third-order valence-electron chi connectivity index (χ3n) is 3.68. The van der Waals surface area contributed by atoms with Crippen molar-refractivity contribution in [2.45, 2.75) is 18.3 Å². The fourth-order valence-electron chi connectivity index (χ4n) is 2.44. The molecule has 19 heavy (non-hydrogen) atoms. The number of carbonyl (C=O) groups is 1. The van der Waals surface area contributed by atoms with Crippen molar-refractivity contribution in [1.29, 1.82) is 0 Å². The lowest BCUT2D eigenvalue weighted by atomic mass is 9.74. The Hall–Kier alpha value is -1.46. The Labute approximate surface area is 117 Å². The van der Waals surface area contributed by atoms with Crippen molar-refractivity contribution >= 4 is 23.2 Å². The van der Waals surface area contributed by atoms with Crippen LogP contribution >= 0.6 is 12.2 Å². The van der Waals surface area contributed by atoms with Crippen molar-refractivity contribution < 1.29 is 14.3 Å². The lowest BCUT2D eigenvalue weighted by Gasteiger charge is -2.36.